The molecular formula is C21H23F2N3OSi. The molecule has 0 bridgehead atoms. The summed E-state index contributed by atoms with van der Waals surface area (Å²) in [5.74, 6) is 0. The average molecular weight is 400 g/mol. The number of pyridine rings is 1. The summed E-state index contributed by atoms with van der Waals surface area (Å²) in [6.07, 6.45) is 0.589. The van der Waals surface area contributed by atoms with Crippen molar-refractivity contribution in [2.75, 3.05) is 6.61 Å². The SMILES string of the molecule is C[Si](C)(C)CCOCn1c(-c2ccccc2C(F)F)c(C#N)c2cnccc21. The first-order valence-corrected chi connectivity index (χ1v) is 12.9. The Bertz CT molecular complexity index is 1020. The second-order valence-electron chi connectivity index (χ2n) is 7.89. The van der Waals surface area contributed by atoms with Gasteiger partial charge in [0.1, 0.15) is 12.8 Å². The molecule has 0 unspecified atom stereocenters. The lowest BCUT2D eigenvalue weighted by atomic mass is 10.0. The lowest BCUT2D eigenvalue weighted by molar-refractivity contribution is 0.0911. The van der Waals surface area contributed by atoms with E-state index in [0.717, 1.165) is 11.6 Å². The molecule has 2 aromatic heterocycles. The van der Waals surface area contributed by atoms with Gasteiger partial charge in [-0.2, -0.15) is 5.26 Å². The van der Waals surface area contributed by atoms with Crippen molar-refractivity contribution < 1.29 is 13.5 Å². The topological polar surface area (TPSA) is 50.8 Å². The van der Waals surface area contributed by atoms with Gasteiger partial charge in [-0.15, -0.1) is 0 Å². The Morgan fingerprint density at radius 2 is 1.96 bits per heavy atom. The fraction of sp³-hybridized carbons (Fsp3) is 0.333. The Morgan fingerprint density at radius 1 is 1.21 bits per heavy atom. The molecule has 0 fully saturated rings. The summed E-state index contributed by atoms with van der Waals surface area (Å²) >= 11 is 0. The van der Waals surface area contributed by atoms with Crippen molar-refractivity contribution >= 4 is 19.0 Å². The van der Waals surface area contributed by atoms with Crippen LogP contribution in [-0.2, 0) is 11.5 Å². The molecule has 0 saturated carbocycles. The molecule has 0 amide bonds. The summed E-state index contributed by atoms with van der Waals surface area (Å²) in [7, 11) is -1.25. The monoisotopic (exact) mass is 399 g/mol. The maximum absolute atomic E-state index is 13.6. The fourth-order valence-corrected chi connectivity index (χ4v) is 3.92. The highest BCUT2D eigenvalue weighted by Gasteiger charge is 2.23. The van der Waals surface area contributed by atoms with Crippen LogP contribution in [0, 0.1) is 11.3 Å². The second kappa shape index (κ2) is 8.21. The van der Waals surface area contributed by atoms with Crippen LogP contribution in [0.1, 0.15) is 17.6 Å². The summed E-state index contributed by atoms with van der Waals surface area (Å²) in [5.41, 5.74) is 1.79. The van der Waals surface area contributed by atoms with Gasteiger partial charge in [-0.3, -0.25) is 4.98 Å². The molecule has 146 valence electrons. The van der Waals surface area contributed by atoms with Crippen LogP contribution in [0.2, 0.25) is 25.7 Å². The maximum atomic E-state index is 13.6. The number of hydrogen-bond acceptors (Lipinski definition) is 3. The lowest BCUT2D eigenvalue weighted by Crippen LogP contribution is -2.22. The van der Waals surface area contributed by atoms with E-state index in [1.165, 1.54) is 6.07 Å². The molecule has 4 nitrogen and oxygen atoms in total. The quantitative estimate of drug-likeness (QED) is 0.371. The first-order valence-electron chi connectivity index (χ1n) is 9.15. The highest BCUT2D eigenvalue weighted by atomic mass is 28.3. The summed E-state index contributed by atoms with van der Waals surface area (Å²) in [6.45, 7) is 7.60. The zero-order chi connectivity index (χ0) is 20.3. The molecule has 0 spiro atoms. The van der Waals surface area contributed by atoms with E-state index in [1.807, 2.05) is 0 Å². The smallest absolute Gasteiger partial charge is 0.264 e. The largest absolute Gasteiger partial charge is 0.361 e. The zero-order valence-corrected chi connectivity index (χ0v) is 17.2. The van der Waals surface area contributed by atoms with E-state index in [-0.39, 0.29) is 12.3 Å². The second-order valence-corrected chi connectivity index (χ2v) is 13.5. The first-order chi connectivity index (χ1) is 13.3. The molecule has 3 rings (SSSR count). The molecule has 2 heterocycles. The number of nitriles is 1. The van der Waals surface area contributed by atoms with Crippen LogP contribution in [0.5, 0.6) is 0 Å². The van der Waals surface area contributed by atoms with Gasteiger partial charge in [-0.25, -0.2) is 8.78 Å². The van der Waals surface area contributed by atoms with Crippen LogP contribution >= 0.6 is 0 Å². The van der Waals surface area contributed by atoms with Gasteiger partial charge < -0.3 is 9.30 Å². The van der Waals surface area contributed by atoms with E-state index < -0.39 is 14.5 Å². The number of halogens is 2. The number of aromatic nitrogens is 2. The molecule has 28 heavy (non-hydrogen) atoms. The normalized spacial score (nSPS) is 11.9. The van der Waals surface area contributed by atoms with Crippen molar-refractivity contribution in [1.82, 2.24) is 9.55 Å². The predicted molar refractivity (Wildman–Crippen MR) is 109 cm³/mol. The molecule has 0 radical (unpaired) electrons. The third kappa shape index (κ3) is 4.13. The van der Waals surface area contributed by atoms with E-state index in [4.69, 9.17) is 4.74 Å². The predicted octanol–water partition coefficient (Wildman–Crippen LogP) is 5.82. The van der Waals surface area contributed by atoms with Crippen LogP contribution in [0.3, 0.4) is 0 Å². The van der Waals surface area contributed by atoms with Crippen molar-refractivity contribution in [2.24, 2.45) is 0 Å². The van der Waals surface area contributed by atoms with Gasteiger partial charge in [-0.1, -0.05) is 43.9 Å². The van der Waals surface area contributed by atoms with Gasteiger partial charge in [0.2, 0.25) is 0 Å². The van der Waals surface area contributed by atoms with E-state index >= 15 is 0 Å². The molecule has 0 atom stereocenters. The molecule has 1 aromatic carbocycles. The van der Waals surface area contributed by atoms with Gasteiger partial charge in [0, 0.05) is 43.6 Å². The minimum atomic E-state index is -2.64. The summed E-state index contributed by atoms with van der Waals surface area (Å²) in [5, 5.41) is 10.4. The molecule has 0 saturated heterocycles. The molecule has 3 aromatic rings. The van der Waals surface area contributed by atoms with Crippen LogP contribution < -0.4 is 0 Å². The highest BCUT2D eigenvalue weighted by Crippen LogP contribution is 2.37. The Labute approximate surface area is 164 Å². The molecule has 0 aliphatic rings. The number of nitrogens with zero attached hydrogens (tertiary/aromatic N) is 3. The Morgan fingerprint density at radius 3 is 2.64 bits per heavy atom. The van der Waals surface area contributed by atoms with Gasteiger partial charge in [0.05, 0.1) is 16.8 Å². The summed E-state index contributed by atoms with van der Waals surface area (Å²) in [4.78, 5) is 4.11. The molecule has 0 aliphatic heterocycles. The third-order valence-electron chi connectivity index (χ3n) is 4.64. The molecule has 0 N–H and O–H groups in total. The van der Waals surface area contributed by atoms with Crippen LogP contribution in [0.15, 0.2) is 42.7 Å². The number of hydrogen-bond donors (Lipinski definition) is 0. The van der Waals surface area contributed by atoms with Gasteiger partial charge >= 0.3 is 0 Å². The standard InChI is InChI=1S/C21H23F2N3OSi/c1-28(2,3)11-10-27-14-26-19-8-9-25-13-18(19)17(12-24)20(26)15-6-4-5-7-16(15)21(22)23/h4-9,13,21H,10-11,14H2,1-3H3. The number of ether oxygens (including phenoxy) is 1. The van der Waals surface area contributed by atoms with Gasteiger partial charge in [0.25, 0.3) is 6.43 Å². The van der Waals surface area contributed by atoms with Gasteiger partial charge in [0.15, 0.2) is 0 Å². The Hall–Kier alpha value is -2.56. The zero-order valence-electron chi connectivity index (χ0n) is 16.2. The van der Waals surface area contributed by atoms with E-state index in [1.54, 1.807) is 41.2 Å². The minimum Gasteiger partial charge on any atom is -0.361 e. The molecule has 0 aliphatic carbocycles. The van der Waals surface area contributed by atoms with Crippen LogP contribution in [0.25, 0.3) is 22.2 Å². The van der Waals surface area contributed by atoms with E-state index in [2.05, 4.69) is 30.7 Å². The Balaban J connectivity index is 2.12. The maximum Gasteiger partial charge on any atom is 0.264 e. The summed E-state index contributed by atoms with van der Waals surface area (Å²) < 4.78 is 35.0. The number of benzene rings is 1. The van der Waals surface area contributed by atoms with Crippen molar-refractivity contribution in [3.63, 3.8) is 0 Å². The Kier molecular flexibility index (Phi) is 5.92. The van der Waals surface area contributed by atoms with Crippen molar-refractivity contribution in [3.05, 3.63) is 53.9 Å². The van der Waals surface area contributed by atoms with E-state index in [9.17, 15) is 14.0 Å². The lowest BCUT2D eigenvalue weighted by Gasteiger charge is -2.17. The van der Waals surface area contributed by atoms with Crippen LogP contribution in [0.4, 0.5) is 8.78 Å². The highest BCUT2D eigenvalue weighted by molar-refractivity contribution is 6.76. The first kappa shape index (κ1) is 20.2. The number of rotatable bonds is 7. The third-order valence-corrected chi connectivity index (χ3v) is 6.35. The minimum absolute atomic E-state index is 0.0990. The van der Waals surface area contributed by atoms with Crippen molar-refractivity contribution in [3.8, 4) is 17.3 Å². The number of alkyl halides is 2. The van der Waals surface area contributed by atoms with Crippen LogP contribution in [-0.4, -0.2) is 24.2 Å². The van der Waals surface area contributed by atoms with Gasteiger partial charge in [-0.05, 0) is 12.1 Å². The van der Waals surface area contributed by atoms with Crippen molar-refractivity contribution in [2.45, 2.75) is 38.8 Å². The van der Waals surface area contributed by atoms with Crippen molar-refractivity contribution in [1.29, 1.82) is 5.26 Å². The summed E-state index contributed by atoms with van der Waals surface area (Å²) in [6, 6.07) is 11.3. The average Bonchev–Trinajstić information content (AvgIpc) is 2.98. The molecule has 7 heteroatoms. The fourth-order valence-electron chi connectivity index (χ4n) is 3.16. The number of fused-ring (bicyclic) bond motifs is 1. The molecular weight excluding hydrogens is 376 g/mol. The van der Waals surface area contributed by atoms with E-state index in [0.29, 0.717) is 28.8 Å².